The van der Waals surface area contributed by atoms with Crippen molar-refractivity contribution in [3.8, 4) is 0 Å². The molecular formula is C16H30N4. The lowest BCUT2D eigenvalue weighted by Crippen LogP contribution is -2.36. The molecule has 0 aliphatic rings. The summed E-state index contributed by atoms with van der Waals surface area (Å²) in [6.07, 6.45) is 2.89. The molecule has 4 heteroatoms. The maximum Gasteiger partial charge on any atom is 0.0416 e. The predicted octanol–water partition coefficient (Wildman–Crippen LogP) is 1.49. The zero-order valence-electron chi connectivity index (χ0n) is 13.3. The van der Waals surface area contributed by atoms with Gasteiger partial charge in [-0.15, -0.1) is 0 Å². The fourth-order valence-electron chi connectivity index (χ4n) is 2.14. The van der Waals surface area contributed by atoms with Crippen LogP contribution >= 0.6 is 0 Å². The normalized spacial score (nSPS) is 11.4. The molecule has 0 fully saturated rings. The summed E-state index contributed by atoms with van der Waals surface area (Å²) in [4.78, 5) is 9.15. The molecule has 4 nitrogen and oxygen atoms in total. The number of hydrogen-bond acceptors (Lipinski definition) is 4. The van der Waals surface area contributed by atoms with Crippen LogP contribution in [0.25, 0.3) is 0 Å². The number of likely N-dealkylation sites (N-methyl/N-ethyl adjacent to an activating group) is 2. The number of nitrogens with zero attached hydrogens (tertiary/aromatic N) is 3. The molecule has 114 valence electrons. The molecule has 1 N–H and O–H groups in total. The highest BCUT2D eigenvalue weighted by Gasteiger charge is 2.01. The molecule has 0 aromatic carbocycles. The molecule has 1 aromatic rings. The summed E-state index contributed by atoms with van der Waals surface area (Å²) in [5.41, 5.74) is 1.17. The van der Waals surface area contributed by atoms with Crippen LogP contribution in [0.2, 0.25) is 0 Å². The Kier molecular flexibility index (Phi) is 9.20. The Hall–Kier alpha value is -0.970. The van der Waals surface area contributed by atoms with Crippen molar-refractivity contribution in [3.05, 3.63) is 30.1 Å². The average molecular weight is 278 g/mol. The molecule has 0 bridgehead atoms. The van der Waals surface area contributed by atoms with E-state index in [-0.39, 0.29) is 0 Å². The van der Waals surface area contributed by atoms with Gasteiger partial charge in [-0.3, -0.25) is 4.98 Å². The zero-order valence-corrected chi connectivity index (χ0v) is 13.3. The van der Waals surface area contributed by atoms with Crippen molar-refractivity contribution >= 4 is 0 Å². The van der Waals surface area contributed by atoms with E-state index in [1.807, 2.05) is 12.3 Å². The topological polar surface area (TPSA) is 31.4 Å². The monoisotopic (exact) mass is 278 g/mol. The lowest BCUT2D eigenvalue weighted by Gasteiger charge is -2.19. The molecule has 0 amide bonds. The van der Waals surface area contributed by atoms with Crippen LogP contribution in [-0.4, -0.2) is 67.6 Å². The first kappa shape index (κ1) is 17.1. The summed E-state index contributed by atoms with van der Waals surface area (Å²) in [7, 11) is 2.18. The van der Waals surface area contributed by atoms with Crippen molar-refractivity contribution in [3.63, 3.8) is 0 Å². The standard InChI is InChI=1S/C16H30N4/c1-4-20(5-2)15-12-17-11-14-19(3)13-9-16-8-6-7-10-18-16/h6-8,10,17H,4-5,9,11-15H2,1-3H3. The van der Waals surface area contributed by atoms with Crippen molar-refractivity contribution in [1.82, 2.24) is 20.1 Å². The molecule has 1 rings (SSSR count). The molecule has 0 spiro atoms. The number of nitrogens with one attached hydrogen (secondary N) is 1. The van der Waals surface area contributed by atoms with Gasteiger partial charge in [0.15, 0.2) is 0 Å². The van der Waals surface area contributed by atoms with E-state index in [4.69, 9.17) is 0 Å². The Morgan fingerprint density at radius 3 is 2.45 bits per heavy atom. The number of pyridine rings is 1. The largest absolute Gasteiger partial charge is 0.314 e. The lowest BCUT2D eigenvalue weighted by molar-refractivity contribution is 0.293. The SMILES string of the molecule is CCN(CC)CCNCCN(C)CCc1ccccn1. The van der Waals surface area contributed by atoms with Gasteiger partial charge in [-0.25, -0.2) is 0 Å². The predicted molar refractivity (Wildman–Crippen MR) is 86.1 cm³/mol. The fourth-order valence-corrected chi connectivity index (χ4v) is 2.14. The van der Waals surface area contributed by atoms with Gasteiger partial charge in [0.05, 0.1) is 0 Å². The smallest absolute Gasteiger partial charge is 0.0416 e. The minimum atomic E-state index is 1.02. The first-order valence-electron chi connectivity index (χ1n) is 7.77. The van der Waals surface area contributed by atoms with E-state index in [9.17, 15) is 0 Å². The van der Waals surface area contributed by atoms with E-state index >= 15 is 0 Å². The van der Waals surface area contributed by atoms with Crippen LogP contribution in [0.3, 0.4) is 0 Å². The Morgan fingerprint density at radius 2 is 1.80 bits per heavy atom. The molecular weight excluding hydrogens is 248 g/mol. The van der Waals surface area contributed by atoms with Gasteiger partial charge in [0.2, 0.25) is 0 Å². The Morgan fingerprint density at radius 1 is 1.05 bits per heavy atom. The van der Waals surface area contributed by atoms with Crippen LogP contribution in [0.5, 0.6) is 0 Å². The van der Waals surface area contributed by atoms with Crippen molar-refractivity contribution < 1.29 is 0 Å². The summed E-state index contributed by atoms with van der Waals surface area (Å²) < 4.78 is 0. The van der Waals surface area contributed by atoms with Gasteiger partial charge in [-0.1, -0.05) is 19.9 Å². The first-order valence-corrected chi connectivity index (χ1v) is 7.77. The highest BCUT2D eigenvalue weighted by atomic mass is 15.1. The Labute approximate surface area is 124 Å². The molecule has 0 atom stereocenters. The third-order valence-electron chi connectivity index (χ3n) is 3.65. The molecule has 0 saturated heterocycles. The van der Waals surface area contributed by atoms with Gasteiger partial charge in [0.25, 0.3) is 0 Å². The number of aromatic nitrogens is 1. The van der Waals surface area contributed by atoms with Crippen LogP contribution in [0.4, 0.5) is 0 Å². The van der Waals surface area contributed by atoms with Gasteiger partial charge in [-0.05, 0) is 32.3 Å². The molecule has 0 saturated carbocycles. The number of hydrogen-bond donors (Lipinski definition) is 1. The summed E-state index contributed by atoms with van der Waals surface area (Å²) in [5, 5.41) is 3.51. The summed E-state index contributed by atoms with van der Waals surface area (Å²) in [5.74, 6) is 0. The quantitative estimate of drug-likeness (QED) is 0.621. The molecule has 1 heterocycles. The second-order valence-corrected chi connectivity index (χ2v) is 5.15. The molecule has 1 aromatic heterocycles. The van der Waals surface area contributed by atoms with Crippen LogP contribution in [-0.2, 0) is 6.42 Å². The van der Waals surface area contributed by atoms with Crippen molar-refractivity contribution in [2.24, 2.45) is 0 Å². The van der Waals surface area contributed by atoms with E-state index in [2.05, 4.69) is 53.1 Å². The van der Waals surface area contributed by atoms with E-state index in [1.165, 1.54) is 5.69 Å². The second-order valence-electron chi connectivity index (χ2n) is 5.15. The Bertz CT molecular complexity index is 325. The maximum absolute atomic E-state index is 4.35. The van der Waals surface area contributed by atoms with Gasteiger partial charge in [0.1, 0.15) is 0 Å². The van der Waals surface area contributed by atoms with Crippen LogP contribution in [0, 0.1) is 0 Å². The highest BCUT2D eigenvalue weighted by Crippen LogP contribution is 1.95. The van der Waals surface area contributed by atoms with Gasteiger partial charge >= 0.3 is 0 Å². The summed E-state index contributed by atoms with van der Waals surface area (Å²) in [6.45, 7) is 12.1. The zero-order chi connectivity index (χ0) is 14.6. The average Bonchev–Trinajstić information content (AvgIpc) is 2.50. The molecule has 20 heavy (non-hydrogen) atoms. The summed E-state index contributed by atoms with van der Waals surface area (Å²) in [6, 6.07) is 6.11. The highest BCUT2D eigenvalue weighted by molar-refractivity contribution is 5.03. The lowest BCUT2D eigenvalue weighted by atomic mass is 10.2. The molecule has 0 unspecified atom stereocenters. The maximum atomic E-state index is 4.35. The number of rotatable bonds is 11. The third kappa shape index (κ3) is 7.58. The van der Waals surface area contributed by atoms with Crippen LogP contribution < -0.4 is 5.32 Å². The van der Waals surface area contributed by atoms with Gasteiger partial charge < -0.3 is 15.1 Å². The van der Waals surface area contributed by atoms with E-state index < -0.39 is 0 Å². The summed E-state index contributed by atoms with van der Waals surface area (Å²) >= 11 is 0. The van der Waals surface area contributed by atoms with E-state index in [0.29, 0.717) is 0 Å². The van der Waals surface area contributed by atoms with Crippen molar-refractivity contribution in [2.75, 3.05) is 52.9 Å². The fraction of sp³-hybridized carbons (Fsp3) is 0.688. The molecule has 0 aliphatic carbocycles. The minimum Gasteiger partial charge on any atom is -0.314 e. The molecule has 0 radical (unpaired) electrons. The first-order chi connectivity index (χ1) is 9.76. The third-order valence-corrected chi connectivity index (χ3v) is 3.65. The van der Waals surface area contributed by atoms with Crippen molar-refractivity contribution in [1.29, 1.82) is 0 Å². The van der Waals surface area contributed by atoms with Crippen molar-refractivity contribution in [2.45, 2.75) is 20.3 Å². The van der Waals surface area contributed by atoms with Crippen LogP contribution in [0.1, 0.15) is 19.5 Å². The molecule has 0 aliphatic heterocycles. The van der Waals surface area contributed by atoms with Gasteiger partial charge in [0, 0.05) is 51.0 Å². The second kappa shape index (κ2) is 10.8. The van der Waals surface area contributed by atoms with Crippen LogP contribution in [0.15, 0.2) is 24.4 Å². The van der Waals surface area contributed by atoms with E-state index in [1.54, 1.807) is 0 Å². The minimum absolute atomic E-state index is 1.02. The van der Waals surface area contributed by atoms with Gasteiger partial charge in [-0.2, -0.15) is 0 Å². The van der Waals surface area contributed by atoms with E-state index in [0.717, 1.165) is 52.2 Å². The Balaban J connectivity index is 2.01.